The molecule has 3 rings (SSSR count). The Morgan fingerprint density at radius 2 is 2.15 bits per heavy atom. The first kappa shape index (κ1) is 13.7. The van der Waals surface area contributed by atoms with Gasteiger partial charge in [0.25, 0.3) is 0 Å². The van der Waals surface area contributed by atoms with Gasteiger partial charge < -0.3 is 10.2 Å². The molecule has 1 N–H and O–H groups in total. The largest absolute Gasteiger partial charge is 0.369 e. The molecule has 1 saturated carbocycles. The summed E-state index contributed by atoms with van der Waals surface area (Å²) in [6.07, 6.45) is 2.68. The van der Waals surface area contributed by atoms with Gasteiger partial charge in [-0.2, -0.15) is 0 Å². The highest BCUT2D eigenvalue weighted by Crippen LogP contribution is 2.25. The number of aryl methyl sites for hydroxylation is 1. The van der Waals surface area contributed by atoms with Crippen LogP contribution in [-0.2, 0) is 13.1 Å². The minimum atomic E-state index is 0.756. The van der Waals surface area contributed by atoms with Crippen molar-refractivity contribution < 1.29 is 0 Å². The van der Waals surface area contributed by atoms with Crippen LogP contribution in [-0.4, -0.2) is 13.1 Å². The lowest BCUT2D eigenvalue weighted by atomic mass is 10.1. The van der Waals surface area contributed by atoms with Crippen molar-refractivity contribution in [1.82, 2.24) is 5.32 Å². The molecule has 1 aliphatic carbocycles. The highest BCUT2D eigenvalue weighted by Gasteiger charge is 2.20. The van der Waals surface area contributed by atoms with Gasteiger partial charge in [-0.3, -0.25) is 0 Å². The summed E-state index contributed by atoms with van der Waals surface area (Å²) in [6.45, 7) is 4.14. The fourth-order valence-electron chi connectivity index (χ4n) is 2.49. The van der Waals surface area contributed by atoms with Crippen molar-refractivity contribution in [2.45, 2.75) is 38.9 Å². The molecule has 1 heterocycles. The Hall–Kier alpha value is -1.32. The highest BCUT2D eigenvalue weighted by atomic mass is 32.1. The first-order chi connectivity index (χ1) is 9.72. The molecule has 1 fully saturated rings. The second kappa shape index (κ2) is 5.98. The molecule has 0 aliphatic heterocycles. The van der Waals surface area contributed by atoms with Gasteiger partial charge in [-0.15, -0.1) is 11.3 Å². The zero-order valence-corrected chi connectivity index (χ0v) is 13.0. The van der Waals surface area contributed by atoms with E-state index < -0.39 is 0 Å². The maximum absolute atomic E-state index is 3.63. The van der Waals surface area contributed by atoms with Gasteiger partial charge >= 0.3 is 0 Å². The lowest BCUT2D eigenvalue weighted by molar-refractivity contribution is 0.685. The summed E-state index contributed by atoms with van der Waals surface area (Å²) >= 11 is 1.83. The number of hydrogen-bond donors (Lipinski definition) is 1. The highest BCUT2D eigenvalue weighted by molar-refractivity contribution is 7.09. The summed E-state index contributed by atoms with van der Waals surface area (Å²) in [7, 11) is 2.19. The molecule has 1 aromatic carbocycles. The molecule has 0 bridgehead atoms. The quantitative estimate of drug-likeness (QED) is 0.865. The molecule has 0 unspecified atom stereocenters. The number of hydrogen-bond acceptors (Lipinski definition) is 3. The third kappa shape index (κ3) is 3.41. The summed E-state index contributed by atoms with van der Waals surface area (Å²) in [6, 6.07) is 11.9. The van der Waals surface area contributed by atoms with E-state index in [0.29, 0.717) is 0 Å². The minimum absolute atomic E-state index is 0.756. The molecule has 3 heteroatoms. The van der Waals surface area contributed by atoms with Crippen molar-refractivity contribution in [3.63, 3.8) is 0 Å². The zero-order valence-electron chi connectivity index (χ0n) is 12.2. The molecule has 0 atom stereocenters. The van der Waals surface area contributed by atoms with Crippen LogP contribution in [0.1, 0.15) is 28.8 Å². The van der Waals surface area contributed by atoms with Crippen LogP contribution in [0.3, 0.4) is 0 Å². The molecule has 20 heavy (non-hydrogen) atoms. The van der Waals surface area contributed by atoms with Gasteiger partial charge in [0, 0.05) is 30.2 Å². The third-order valence-electron chi connectivity index (χ3n) is 3.78. The van der Waals surface area contributed by atoms with Gasteiger partial charge in [0.15, 0.2) is 0 Å². The summed E-state index contributed by atoms with van der Waals surface area (Å²) in [4.78, 5) is 3.77. The lowest BCUT2D eigenvalue weighted by Crippen LogP contribution is -2.21. The predicted octanol–water partition coefficient (Wildman–Crippen LogP) is 3.94. The van der Waals surface area contributed by atoms with Gasteiger partial charge in [0.2, 0.25) is 0 Å². The number of rotatable bonds is 6. The molecule has 0 amide bonds. The first-order valence-corrected chi connectivity index (χ1v) is 8.17. The van der Waals surface area contributed by atoms with E-state index >= 15 is 0 Å². The number of nitrogens with zero attached hydrogens (tertiary/aromatic N) is 1. The van der Waals surface area contributed by atoms with Crippen LogP contribution in [0.25, 0.3) is 0 Å². The van der Waals surface area contributed by atoms with Crippen molar-refractivity contribution in [3.8, 4) is 0 Å². The van der Waals surface area contributed by atoms with Crippen molar-refractivity contribution in [2.75, 3.05) is 11.9 Å². The average molecular weight is 286 g/mol. The van der Waals surface area contributed by atoms with Gasteiger partial charge in [-0.05, 0) is 42.8 Å². The zero-order chi connectivity index (χ0) is 13.9. The van der Waals surface area contributed by atoms with Crippen LogP contribution in [0.5, 0.6) is 0 Å². The van der Waals surface area contributed by atoms with E-state index in [1.165, 1.54) is 34.5 Å². The van der Waals surface area contributed by atoms with Crippen molar-refractivity contribution in [1.29, 1.82) is 0 Å². The van der Waals surface area contributed by atoms with Crippen LogP contribution in [0, 0.1) is 6.92 Å². The Bertz CT molecular complexity index is 558. The van der Waals surface area contributed by atoms with Crippen molar-refractivity contribution in [2.24, 2.45) is 0 Å². The standard InChI is InChI=1S/C17H22N2S/c1-13-5-8-17(14(10-13)11-18-15-6-7-15)19(2)12-16-4-3-9-20-16/h3-5,8-10,15,18H,6-7,11-12H2,1-2H3. The van der Waals surface area contributed by atoms with E-state index in [2.05, 4.69) is 59.9 Å². The molecule has 1 aliphatic rings. The Morgan fingerprint density at radius 3 is 2.85 bits per heavy atom. The molecule has 2 nitrogen and oxygen atoms in total. The van der Waals surface area contributed by atoms with E-state index in [0.717, 1.165) is 19.1 Å². The molecule has 0 spiro atoms. The maximum atomic E-state index is 3.63. The van der Waals surface area contributed by atoms with Crippen molar-refractivity contribution in [3.05, 3.63) is 51.7 Å². The Kier molecular flexibility index (Phi) is 4.08. The van der Waals surface area contributed by atoms with Crippen LogP contribution in [0.2, 0.25) is 0 Å². The minimum Gasteiger partial charge on any atom is -0.369 e. The molecule has 106 valence electrons. The topological polar surface area (TPSA) is 15.3 Å². The fraction of sp³-hybridized carbons (Fsp3) is 0.412. The van der Waals surface area contributed by atoms with Crippen LogP contribution >= 0.6 is 11.3 Å². The molecule has 0 saturated heterocycles. The third-order valence-corrected chi connectivity index (χ3v) is 4.64. The van der Waals surface area contributed by atoms with E-state index in [1.54, 1.807) is 0 Å². The van der Waals surface area contributed by atoms with E-state index in [-0.39, 0.29) is 0 Å². The Labute approximate surface area is 125 Å². The summed E-state index contributed by atoms with van der Waals surface area (Å²) in [5.74, 6) is 0. The number of thiophene rings is 1. The lowest BCUT2D eigenvalue weighted by Gasteiger charge is -2.22. The molecular formula is C17H22N2S. The first-order valence-electron chi connectivity index (χ1n) is 7.29. The van der Waals surface area contributed by atoms with E-state index in [4.69, 9.17) is 0 Å². The smallest absolute Gasteiger partial charge is 0.0519 e. The van der Waals surface area contributed by atoms with Gasteiger partial charge in [0.05, 0.1) is 6.54 Å². The Morgan fingerprint density at radius 1 is 1.30 bits per heavy atom. The van der Waals surface area contributed by atoms with Crippen LogP contribution in [0.4, 0.5) is 5.69 Å². The van der Waals surface area contributed by atoms with Gasteiger partial charge in [-0.25, -0.2) is 0 Å². The molecule has 2 aromatic rings. The normalized spacial score (nSPS) is 14.5. The number of anilines is 1. The van der Waals surface area contributed by atoms with Crippen molar-refractivity contribution >= 4 is 17.0 Å². The molecular weight excluding hydrogens is 264 g/mol. The van der Waals surface area contributed by atoms with E-state index in [9.17, 15) is 0 Å². The monoisotopic (exact) mass is 286 g/mol. The van der Waals surface area contributed by atoms with Gasteiger partial charge in [-0.1, -0.05) is 23.8 Å². The number of benzene rings is 1. The van der Waals surface area contributed by atoms with E-state index in [1.807, 2.05) is 11.3 Å². The van der Waals surface area contributed by atoms with Crippen LogP contribution in [0.15, 0.2) is 35.7 Å². The average Bonchev–Trinajstić information content (AvgIpc) is 3.13. The second-order valence-corrected chi connectivity index (χ2v) is 6.76. The fourth-order valence-corrected chi connectivity index (χ4v) is 3.25. The number of nitrogens with one attached hydrogen (secondary N) is 1. The summed E-state index contributed by atoms with van der Waals surface area (Å²) < 4.78 is 0. The Balaban J connectivity index is 1.75. The van der Waals surface area contributed by atoms with Gasteiger partial charge in [0.1, 0.15) is 0 Å². The summed E-state index contributed by atoms with van der Waals surface area (Å²) in [5, 5.41) is 5.78. The molecule has 0 radical (unpaired) electrons. The van der Waals surface area contributed by atoms with Crippen LogP contribution < -0.4 is 10.2 Å². The SMILES string of the molecule is Cc1ccc(N(C)Cc2cccs2)c(CNC2CC2)c1. The maximum Gasteiger partial charge on any atom is 0.0519 e. The summed E-state index contributed by atoms with van der Waals surface area (Å²) in [5.41, 5.74) is 4.10. The molecule has 1 aromatic heterocycles. The predicted molar refractivity (Wildman–Crippen MR) is 87.5 cm³/mol. The second-order valence-electron chi connectivity index (χ2n) is 5.72.